The SMILES string of the molecule is CC1(C)CC(=O)C(C=Nc2ccc(O)c(C(=O)O)c2)=C(O)C1. The molecule has 2 rings (SSSR count). The minimum Gasteiger partial charge on any atom is -0.511 e. The summed E-state index contributed by atoms with van der Waals surface area (Å²) in [5, 5.41) is 28.3. The van der Waals surface area contributed by atoms with Gasteiger partial charge in [-0.3, -0.25) is 9.79 Å². The minimum atomic E-state index is -1.27. The van der Waals surface area contributed by atoms with Crippen LogP contribution in [-0.4, -0.2) is 33.3 Å². The van der Waals surface area contributed by atoms with Gasteiger partial charge in [-0.15, -0.1) is 0 Å². The van der Waals surface area contributed by atoms with Crippen molar-refractivity contribution in [1.82, 2.24) is 0 Å². The Morgan fingerprint density at radius 1 is 1.27 bits per heavy atom. The number of carboxylic acids is 1. The number of aliphatic imine (C=N–C) groups is 1. The van der Waals surface area contributed by atoms with Gasteiger partial charge in [-0.2, -0.15) is 0 Å². The molecule has 1 aliphatic carbocycles. The van der Waals surface area contributed by atoms with Gasteiger partial charge in [-0.05, 0) is 23.6 Å². The number of aromatic hydroxyl groups is 1. The smallest absolute Gasteiger partial charge is 0.339 e. The number of rotatable bonds is 3. The first kappa shape index (κ1) is 15.8. The van der Waals surface area contributed by atoms with Crippen molar-refractivity contribution in [3.8, 4) is 5.75 Å². The second-order valence-corrected chi connectivity index (χ2v) is 6.07. The van der Waals surface area contributed by atoms with E-state index in [1.165, 1.54) is 24.4 Å². The lowest BCUT2D eigenvalue weighted by atomic mass is 9.77. The summed E-state index contributed by atoms with van der Waals surface area (Å²) in [5.74, 6) is -1.84. The van der Waals surface area contributed by atoms with Crippen LogP contribution in [0.4, 0.5) is 5.69 Å². The zero-order chi connectivity index (χ0) is 16.5. The molecule has 0 bridgehead atoms. The highest BCUT2D eigenvalue weighted by atomic mass is 16.4. The molecule has 0 aliphatic heterocycles. The molecule has 0 atom stereocenters. The molecule has 0 saturated carbocycles. The number of benzene rings is 1. The molecule has 1 aromatic rings. The number of aromatic carboxylic acids is 1. The van der Waals surface area contributed by atoms with Gasteiger partial charge >= 0.3 is 5.97 Å². The van der Waals surface area contributed by atoms with Crippen molar-refractivity contribution in [2.24, 2.45) is 10.4 Å². The molecule has 1 aliphatic rings. The number of nitrogens with zero attached hydrogens (tertiary/aromatic N) is 1. The van der Waals surface area contributed by atoms with E-state index in [0.717, 1.165) is 0 Å². The van der Waals surface area contributed by atoms with Crippen LogP contribution in [0.25, 0.3) is 0 Å². The molecule has 0 spiro atoms. The molecule has 0 fully saturated rings. The number of allylic oxidation sites excluding steroid dienone is 2. The highest BCUT2D eigenvalue weighted by molar-refractivity contribution is 6.15. The van der Waals surface area contributed by atoms with Crippen LogP contribution in [0.1, 0.15) is 37.0 Å². The fourth-order valence-corrected chi connectivity index (χ4v) is 2.36. The highest BCUT2D eigenvalue weighted by Gasteiger charge is 2.32. The fourth-order valence-electron chi connectivity index (χ4n) is 2.36. The number of hydrogen-bond acceptors (Lipinski definition) is 5. The number of Topliss-reactive ketones (excluding diaryl/α,β-unsaturated/α-hetero) is 1. The number of carbonyl (C=O) groups excluding carboxylic acids is 1. The molecule has 0 saturated heterocycles. The zero-order valence-corrected chi connectivity index (χ0v) is 12.3. The summed E-state index contributed by atoms with van der Waals surface area (Å²) in [6.07, 6.45) is 1.94. The summed E-state index contributed by atoms with van der Waals surface area (Å²) in [7, 11) is 0. The second kappa shape index (κ2) is 5.63. The first-order chi connectivity index (χ1) is 10.2. The van der Waals surface area contributed by atoms with Crippen molar-refractivity contribution in [2.75, 3.05) is 0 Å². The van der Waals surface area contributed by atoms with E-state index in [1.807, 2.05) is 13.8 Å². The van der Waals surface area contributed by atoms with Crippen molar-refractivity contribution >= 4 is 23.7 Å². The Hall–Kier alpha value is -2.63. The third kappa shape index (κ3) is 3.33. The van der Waals surface area contributed by atoms with Gasteiger partial charge in [0.15, 0.2) is 5.78 Å². The van der Waals surface area contributed by atoms with E-state index < -0.39 is 5.97 Å². The number of carboxylic acid groups (broad SMARTS) is 1. The Balaban J connectivity index is 2.31. The average molecular weight is 303 g/mol. The number of carbonyl (C=O) groups is 2. The van der Waals surface area contributed by atoms with Crippen molar-refractivity contribution in [1.29, 1.82) is 0 Å². The standard InChI is InChI=1S/C16H17NO5/c1-16(2)6-13(19)11(14(20)7-16)8-17-9-3-4-12(18)10(5-9)15(21)22/h3-5,8,18-19H,6-7H2,1-2H3,(H,21,22). The van der Waals surface area contributed by atoms with E-state index in [9.17, 15) is 19.8 Å². The lowest BCUT2D eigenvalue weighted by Crippen LogP contribution is -2.26. The number of aliphatic hydroxyl groups excluding tert-OH is 1. The van der Waals surface area contributed by atoms with E-state index in [0.29, 0.717) is 12.8 Å². The van der Waals surface area contributed by atoms with E-state index in [-0.39, 0.29) is 39.5 Å². The third-order valence-corrected chi connectivity index (χ3v) is 3.45. The molecule has 0 heterocycles. The average Bonchev–Trinajstić information content (AvgIpc) is 2.37. The number of aliphatic hydroxyl groups is 1. The molecule has 0 amide bonds. The van der Waals surface area contributed by atoms with Gasteiger partial charge in [-0.25, -0.2) is 4.79 Å². The summed E-state index contributed by atoms with van der Waals surface area (Å²) >= 11 is 0. The van der Waals surface area contributed by atoms with Crippen LogP contribution >= 0.6 is 0 Å². The Kier molecular flexibility index (Phi) is 4.03. The van der Waals surface area contributed by atoms with Gasteiger partial charge < -0.3 is 15.3 Å². The molecular formula is C16H17NO5. The molecule has 1 aromatic carbocycles. The quantitative estimate of drug-likeness (QED) is 0.744. The predicted molar refractivity (Wildman–Crippen MR) is 80.9 cm³/mol. The normalized spacial score (nSPS) is 18.0. The monoisotopic (exact) mass is 303 g/mol. The third-order valence-electron chi connectivity index (χ3n) is 3.45. The first-order valence-electron chi connectivity index (χ1n) is 6.75. The van der Waals surface area contributed by atoms with E-state index >= 15 is 0 Å². The second-order valence-electron chi connectivity index (χ2n) is 6.07. The van der Waals surface area contributed by atoms with Crippen LogP contribution < -0.4 is 0 Å². The predicted octanol–water partition coefficient (Wildman–Crippen LogP) is 2.99. The summed E-state index contributed by atoms with van der Waals surface area (Å²) in [6, 6.07) is 3.84. The molecule has 0 radical (unpaired) electrons. The Labute approximate surface area is 127 Å². The lowest BCUT2D eigenvalue weighted by molar-refractivity contribution is -0.117. The van der Waals surface area contributed by atoms with Gasteiger partial charge in [0.2, 0.25) is 0 Å². The van der Waals surface area contributed by atoms with Gasteiger partial charge in [0.25, 0.3) is 0 Å². The maximum Gasteiger partial charge on any atom is 0.339 e. The number of ketones is 1. The van der Waals surface area contributed by atoms with Crippen LogP contribution in [-0.2, 0) is 4.79 Å². The molecule has 6 nitrogen and oxygen atoms in total. The molecule has 116 valence electrons. The van der Waals surface area contributed by atoms with E-state index in [2.05, 4.69) is 4.99 Å². The summed E-state index contributed by atoms with van der Waals surface area (Å²) < 4.78 is 0. The van der Waals surface area contributed by atoms with Crippen molar-refractivity contribution in [3.63, 3.8) is 0 Å². The molecule has 0 unspecified atom stereocenters. The number of phenols is 1. The largest absolute Gasteiger partial charge is 0.511 e. The van der Waals surface area contributed by atoms with Crippen LogP contribution in [0.5, 0.6) is 5.75 Å². The fraction of sp³-hybridized carbons (Fsp3) is 0.312. The maximum atomic E-state index is 12.0. The van der Waals surface area contributed by atoms with Crippen LogP contribution in [0.3, 0.4) is 0 Å². The Morgan fingerprint density at radius 3 is 2.55 bits per heavy atom. The van der Waals surface area contributed by atoms with E-state index in [4.69, 9.17) is 5.11 Å². The van der Waals surface area contributed by atoms with Gasteiger partial charge in [0, 0.05) is 19.1 Å². The lowest BCUT2D eigenvalue weighted by Gasteiger charge is -2.28. The van der Waals surface area contributed by atoms with Crippen LogP contribution in [0.15, 0.2) is 34.5 Å². The zero-order valence-electron chi connectivity index (χ0n) is 12.3. The number of hydrogen-bond donors (Lipinski definition) is 3. The van der Waals surface area contributed by atoms with Crippen molar-refractivity contribution in [2.45, 2.75) is 26.7 Å². The van der Waals surface area contributed by atoms with Crippen LogP contribution in [0.2, 0.25) is 0 Å². The van der Waals surface area contributed by atoms with Crippen molar-refractivity contribution < 1.29 is 24.9 Å². The maximum absolute atomic E-state index is 12.0. The van der Waals surface area contributed by atoms with Crippen molar-refractivity contribution in [3.05, 3.63) is 35.1 Å². The molecule has 3 N–H and O–H groups in total. The Bertz CT molecular complexity index is 700. The summed E-state index contributed by atoms with van der Waals surface area (Å²) in [6.45, 7) is 3.79. The van der Waals surface area contributed by atoms with Crippen LogP contribution in [0, 0.1) is 5.41 Å². The topological polar surface area (TPSA) is 107 Å². The van der Waals surface area contributed by atoms with Gasteiger partial charge in [0.1, 0.15) is 17.1 Å². The summed E-state index contributed by atoms with van der Waals surface area (Å²) in [5.41, 5.74) is -0.144. The summed E-state index contributed by atoms with van der Waals surface area (Å²) in [4.78, 5) is 27.0. The van der Waals surface area contributed by atoms with Gasteiger partial charge in [-0.1, -0.05) is 13.8 Å². The molecule has 22 heavy (non-hydrogen) atoms. The minimum absolute atomic E-state index is 0.0118. The molecular weight excluding hydrogens is 286 g/mol. The van der Waals surface area contributed by atoms with Gasteiger partial charge in [0.05, 0.1) is 11.3 Å². The molecule has 6 heteroatoms. The Morgan fingerprint density at radius 2 is 1.95 bits per heavy atom. The first-order valence-corrected chi connectivity index (χ1v) is 6.75. The highest BCUT2D eigenvalue weighted by Crippen LogP contribution is 2.35. The molecule has 0 aromatic heterocycles. The van der Waals surface area contributed by atoms with E-state index in [1.54, 1.807) is 0 Å².